The lowest BCUT2D eigenvalue weighted by atomic mass is 9.57. The van der Waals surface area contributed by atoms with Crippen molar-refractivity contribution in [3.8, 4) is 17.2 Å². The molecule has 3 fully saturated rings. The zero-order chi connectivity index (χ0) is 35.5. The molecule has 6 heteroatoms. The van der Waals surface area contributed by atoms with Crippen LogP contribution in [-0.4, -0.2) is 62.7 Å². The van der Waals surface area contributed by atoms with Gasteiger partial charge in [0.05, 0.1) is 13.7 Å². The largest absolute Gasteiger partial charge is 0.508 e. The number of hydrogen-bond acceptors (Lipinski definition) is 6. The lowest BCUT2D eigenvalue weighted by molar-refractivity contribution is -0.000652. The number of ether oxygens (including phenoxy) is 2. The van der Waals surface area contributed by atoms with Crippen molar-refractivity contribution in [2.75, 3.05) is 51.3 Å². The third kappa shape index (κ3) is 5.78. The van der Waals surface area contributed by atoms with Gasteiger partial charge in [-0.3, -0.25) is 4.79 Å². The van der Waals surface area contributed by atoms with Crippen molar-refractivity contribution in [3.05, 3.63) is 118 Å². The first-order valence-electron chi connectivity index (χ1n) is 19.6. The zero-order valence-electron chi connectivity index (χ0n) is 30.8. The smallest absolute Gasteiger partial charge is 0.150 e. The average Bonchev–Trinajstić information content (AvgIpc) is 3.53. The number of nitrogens with zero attached hydrogens (tertiary/aromatic N) is 2. The number of hydrogen-bond donors (Lipinski definition) is 1. The fourth-order valence-electron chi connectivity index (χ4n) is 11.0. The summed E-state index contributed by atoms with van der Waals surface area (Å²) in [6.45, 7) is 8.47. The summed E-state index contributed by atoms with van der Waals surface area (Å²) in [7, 11) is 1.81. The van der Waals surface area contributed by atoms with E-state index in [2.05, 4.69) is 70.5 Å². The quantitative estimate of drug-likeness (QED) is 0.195. The van der Waals surface area contributed by atoms with E-state index < -0.39 is 0 Å². The first kappa shape index (κ1) is 33.5. The Labute approximate surface area is 308 Å². The molecule has 3 aliphatic heterocycles. The van der Waals surface area contributed by atoms with Crippen LogP contribution in [0.15, 0.2) is 78.9 Å². The van der Waals surface area contributed by atoms with Crippen molar-refractivity contribution in [3.63, 3.8) is 0 Å². The molecule has 2 saturated heterocycles. The second-order valence-corrected chi connectivity index (χ2v) is 16.7. The maximum absolute atomic E-state index is 11.5. The van der Waals surface area contributed by atoms with Crippen LogP contribution in [0.4, 0.5) is 5.69 Å². The molecule has 2 aliphatic carbocycles. The number of aromatic hydroxyl groups is 1. The predicted octanol–water partition coefficient (Wildman–Crippen LogP) is 8.81. The molecule has 52 heavy (non-hydrogen) atoms. The summed E-state index contributed by atoms with van der Waals surface area (Å²) in [6.07, 6.45) is 10.5. The van der Waals surface area contributed by atoms with Crippen LogP contribution < -0.4 is 14.4 Å². The number of methoxy groups -OCH3 is 1. The second kappa shape index (κ2) is 13.3. The summed E-state index contributed by atoms with van der Waals surface area (Å²) in [5, 5.41) is 10.3. The van der Waals surface area contributed by atoms with Crippen molar-refractivity contribution in [1.29, 1.82) is 0 Å². The van der Waals surface area contributed by atoms with E-state index in [1.165, 1.54) is 65.7 Å². The molecular formula is C46H52N2O4. The summed E-state index contributed by atoms with van der Waals surface area (Å²) in [5.74, 6) is 3.60. The Hall–Kier alpha value is -4.29. The van der Waals surface area contributed by atoms with Gasteiger partial charge in [-0.25, -0.2) is 0 Å². The van der Waals surface area contributed by atoms with Crippen molar-refractivity contribution >= 4 is 12.0 Å². The second-order valence-electron chi connectivity index (χ2n) is 16.7. The molecule has 0 aromatic heterocycles. The monoisotopic (exact) mass is 696 g/mol. The first-order chi connectivity index (χ1) is 25.4. The number of carbonyl (C=O) groups is 1. The molecule has 6 nitrogen and oxygen atoms in total. The minimum Gasteiger partial charge on any atom is -0.508 e. The number of likely N-dealkylation sites (tertiary alicyclic amines) is 1. The maximum atomic E-state index is 11.5. The number of piperidine rings is 2. The van der Waals surface area contributed by atoms with Crippen LogP contribution in [0.1, 0.15) is 101 Å². The molecule has 1 N–H and O–H groups in total. The Morgan fingerprint density at radius 1 is 0.904 bits per heavy atom. The Balaban J connectivity index is 0.829. The lowest BCUT2D eigenvalue weighted by Gasteiger charge is -2.54. The molecule has 9 rings (SSSR count). The van der Waals surface area contributed by atoms with Gasteiger partial charge in [0.2, 0.25) is 0 Å². The number of benzene rings is 4. The van der Waals surface area contributed by atoms with Gasteiger partial charge in [0.1, 0.15) is 23.5 Å². The van der Waals surface area contributed by atoms with Crippen molar-refractivity contribution in [1.82, 2.24) is 4.90 Å². The third-order valence-corrected chi connectivity index (χ3v) is 14.0. The van der Waals surface area contributed by atoms with E-state index in [9.17, 15) is 9.90 Å². The van der Waals surface area contributed by atoms with Crippen LogP contribution in [0.5, 0.6) is 17.2 Å². The summed E-state index contributed by atoms with van der Waals surface area (Å²) in [5.41, 5.74) is 10.1. The van der Waals surface area contributed by atoms with Crippen LogP contribution in [0, 0.1) is 18.3 Å². The van der Waals surface area contributed by atoms with E-state index in [1.54, 1.807) is 0 Å². The highest BCUT2D eigenvalue weighted by molar-refractivity contribution is 5.79. The highest BCUT2D eigenvalue weighted by atomic mass is 16.5. The van der Waals surface area contributed by atoms with E-state index in [-0.39, 0.29) is 11.3 Å². The minimum absolute atomic E-state index is 0.112. The molecule has 2 unspecified atom stereocenters. The summed E-state index contributed by atoms with van der Waals surface area (Å²) < 4.78 is 12.4. The number of aryl methyl sites for hydroxylation is 1. The van der Waals surface area contributed by atoms with E-state index in [1.807, 2.05) is 32.2 Å². The number of carbonyl (C=O) groups excluding carboxylic acids is 1. The molecule has 0 radical (unpaired) electrons. The standard InChI is InChI=1S/C46H52N2O4/c1-31-35(29-49)9-15-41-44(31)52-30-46(41)18-20-47(21-19-46)28-32-26-45(27-32)16-22-48(23-17-45)36-10-13-40(42(25-36)51-2)43-38(33-6-4-3-5-7-33)12-8-34-24-37(50)11-14-39(34)43/h3-7,9-11,13-15,24-25,29,32,38,43,50H,8,12,16-23,26-28,30H2,1-2H3. The van der Waals surface area contributed by atoms with E-state index in [4.69, 9.17) is 9.47 Å². The summed E-state index contributed by atoms with van der Waals surface area (Å²) >= 11 is 0. The molecule has 4 aromatic carbocycles. The molecule has 5 aliphatic rings. The molecule has 0 amide bonds. The normalized spacial score (nSPS) is 23.5. The van der Waals surface area contributed by atoms with Gasteiger partial charge in [0, 0.05) is 65.0 Å². The topological polar surface area (TPSA) is 62.2 Å². The fraction of sp³-hybridized carbons (Fsp3) is 0.457. The zero-order valence-corrected chi connectivity index (χ0v) is 30.8. The maximum Gasteiger partial charge on any atom is 0.150 e. The van der Waals surface area contributed by atoms with Crippen LogP contribution in [0.2, 0.25) is 0 Å². The molecule has 4 aromatic rings. The van der Waals surface area contributed by atoms with E-state index in [0.29, 0.717) is 17.1 Å². The molecular weight excluding hydrogens is 645 g/mol. The van der Waals surface area contributed by atoms with Gasteiger partial charge in [-0.15, -0.1) is 0 Å². The SMILES string of the molecule is COc1cc(N2CCC3(CC2)CC(CN2CCC4(CC2)COc2c4ccc(C=O)c2C)C3)ccc1C1c2ccc(O)cc2CCC1c1ccccc1. The van der Waals surface area contributed by atoms with Crippen molar-refractivity contribution < 1.29 is 19.4 Å². The Bertz CT molecular complexity index is 1950. The third-order valence-electron chi connectivity index (χ3n) is 14.0. The van der Waals surface area contributed by atoms with Gasteiger partial charge in [-0.2, -0.15) is 0 Å². The summed E-state index contributed by atoms with van der Waals surface area (Å²) in [4.78, 5) is 16.8. The summed E-state index contributed by atoms with van der Waals surface area (Å²) in [6, 6.07) is 27.9. The number of rotatable bonds is 7. The van der Waals surface area contributed by atoms with Crippen LogP contribution in [0.25, 0.3) is 0 Å². The lowest BCUT2D eigenvalue weighted by Crippen LogP contribution is -2.51. The minimum atomic E-state index is 0.112. The number of phenols is 1. The van der Waals surface area contributed by atoms with E-state index in [0.717, 1.165) is 93.3 Å². The molecule has 1 saturated carbocycles. The molecule has 2 spiro atoms. The van der Waals surface area contributed by atoms with Crippen molar-refractivity contribution in [2.24, 2.45) is 11.3 Å². The van der Waals surface area contributed by atoms with Gasteiger partial charge < -0.3 is 24.4 Å². The molecule has 270 valence electrons. The number of fused-ring (bicyclic) bond motifs is 3. The number of phenolic OH excluding ortho intramolecular Hbond substituents is 1. The van der Waals surface area contributed by atoms with Gasteiger partial charge in [0.15, 0.2) is 0 Å². The fourth-order valence-corrected chi connectivity index (χ4v) is 11.0. The van der Waals surface area contributed by atoms with Crippen LogP contribution in [0.3, 0.4) is 0 Å². The van der Waals surface area contributed by atoms with Gasteiger partial charge >= 0.3 is 0 Å². The Morgan fingerprint density at radius 2 is 1.67 bits per heavy atom. The highest BCUT2D eigenvalue weighted by Gasteiger charge is 2.48. The first-order valence-corrected chi connectivity index (χ1v) is 19.6. The van der Waals surface area contributed by atoms with Gasteiger partial charge in [0.25, 0.3) is 0 Å². The average molecular weight is 697 g/mol. The number of anilines is 1. The Morgan fingerprint density at radius 3 is 2.42 bits per heavy atom. The van der Waals surface area contributed by atoms with Gasteiger partial charge in [-0.1, -0.05) is 54.6 Å². The van der Waals surface area contributed by atoms with Crippen LogP contribution >= 0.6 is 0 Å². The Kier molecular flexibility index (Phi) is 8.57. The van der Waals surface area contributed by atoms with Crippen LogP contribution in [-0.2, 0) is 11.8 Å². The van der Waals surface area contributed by atoms with Crippen molar-refractivity contribution in [2.45, 2.75) is 75.5 Å². The molecule has 0 bridgehead atoms. The molecule has 3 heterocycles. The number of aldehydes is 1. The predicted molar refractivity (Wildman–Crippen MR) is 206 cm³/mol. The van der Waals surface area contributed by atoms with Gasteiger partial charge in [-0.05, 0) is 124 Å². The van der Waals surface area contributed by atoms with E-state index >= 15 is 0 Å². The molecule has 2 atom stereocenters. The highest BCUT2D eigenvalue weighted by Crippen LogP contribution is 2.55.